The zero-order valence-corrected chi connectivity index (χ0v) is 19.2. The number of nitrogens with zero attached hydrogens (tertiary/aromatic N) is 1. The van der Waals surface area contributed by atoms with Gasteiger partial charge in [-0.25, -0.2) is 4.79 Å². The highest BCUT2D eigenvalue weighted by Crippen LogP contribution is 2.24. The van der Waals surface area contributed by atoms with Gasteiger partial charge in [0.25, 0.3) is 0 Å². The summed E-state index contributed by atoms with van der Waals surface area (Å²) in [6, 6.07) is 22.4. The van der Waals surface area contributed by atoms with Gasteiger partial charge < -0.3 is 15.2 Å². The molecule has 0 radical (unpaired) electrons. The van der Waals surface area contributed by atoms with Crippen LogP contribution in [0.2, 0.25) is 0 Å². The normalized spacial score (nSPS) is 17.6. The van der Waals surface area contributed by atoms with E-state index in [2.05, 4.69) is 59.6 Å². The van der Waals surface area contributed by atoms with Crippen molar-refractivity contribution in [3.05, 3.63) is 83.4 Å². The fourth-order valence-electron chi connectivity index (χ4n) is 4.31. The summed E-state index contributed by atoms with van der Waals surface area (Å²) in [5.41, 5.74) is 2.79. The maximum atomic E-state index is 11.0. The van der Waals surface area contributed by atoms with Crippen molar-refractivity contribution in [1.29, 1.82) is 0 Å². The largest absolute Gasteiger partial charge is 0.478 e. The fraction of sp³-hybridized carbons (Fsp3) is 0.346. The maximum absolute atomic E-state index is 11.0. The zero-order valence-electron chi connectivity index (χ0n) is 18.4. The Hall–Kier alpha value is -2.44. The predicted molar refractivity (Wildman–Crippen MR) is 131 cm³/mol. The standard InChI is InChI=1S/C26H30N2O3.ClH/c1-19(24-8-4-6-21-5-2-3-7-25(21)24)27-14-13-23-18-28(15-16-31-23)17-20-9-11-22(12-10-20)26(29)30;/h2-12,19,23,27H,13-18H2,1H3,(H,29,30);1H/t19-,23?;/m1./s1. The average Bonchev–Trinajstić information content (AvgIpc) is 2.79. The summed E-state index contributed by atoms with van der Waals surface area (Å²) in [5.74, 6) is -0.886. The van der Waals surface area contributed by atoms with E-state index in [0.29, 0.717) is 5.56 Å². The molecule has 4 rings (SSSR count). The second kappa shape index (κ2) is 11.4. The van der Waals surface area contributed by atoms with Gasteiger partial charge in [0.15, 0.2) is 0 Å². The van der Waals surface area contributed by atoms with Crippen molar-refractivity contribution in [3.63, 3.8) is 0 Å². The van der Waals surface area contributed by atoms with E-state index in [-0.39, 0.29) is 24.6 Å². The molecule has 0 saturated carbocycles. The molecule has 6 heteroatoms. The van der Waals surface area contributed by atoms with Crippen LogP contribution in [0.5, 0.6) is 0 Å². The number of carboxylic acid groups (broad SMARTS) is 1. The van der Waals surface area contributed by atoms with Crippen LogP contribution in [0.1, 0.15) is 40.9 Å². The van der Waals surface area contributed by atoms with Gasteiger partial charge in [-0.05, 0) is 53.9 Å². The van der Waals surface area contributed by atoms with Gasteiger partial charge in [-0.2, -0.15) is 0 Å². The van der Waals surface area contributed by atoms with Gasteiger partial charge in [0, 0.05) is 25.7 Å². The number of aromatic carboxylic acids is 1. The number of halogens is 1. The molecular weight excluding hydrogens is 424 g/mol. The number of carboxylic acids is 1. The van der Waals surface area contributed by atoms with Gasteiger partial charge in [-0.3, -0.25) is 4.90 Å². The molecule has 170 valence electrons. The zero-order chi connectivity index (χ0) is 21.6. The molecule has 3 aromatic rings. The number of hydrogen-bond donors (Lipinski definition) is 2. The molecule has 1 aliphatic heterocycles. The van der Waals surface area contributed by atoms with Crippen molar-refractivity contribution in [3.8, 4) is 0 Å². The van der Waals surface area contributed by atoms with Gasteiger partial charge in [0.05, 0.1) is 18.3 Å². The third kappa shape index (κ3) is 6.08. The first-order chi connectivity index (χ1) is 15.1. The summed E-state index contributed by atoms with van der Waals surface area (Å²) in [4.78, 5) is 13.4. The van der Waals surface area contributed by atoms with Crippen molar-refractivity contribution in [2.24, 2.45) is 0 Å². The van der Waals surface area contributed by atoms with Crippen LogP contribution in [0.15, 0.2) is 66.7 Å². The van der Waals surface area contributed by atoms with Crippen LogP contribution in [-0.4, -0.2) is 48.3 Å². The van der Waals surface area contributed by atoms with E-state index in [0.717, 1.165) is 44.8 Å². The van der Waals surface area contributed by atoms with Gasteiger partial charge >= 0.3 is 5.97 Å². The van der Waals surface area contributed by atoms with Crippen molar-refractivity contribution < 1.29 is 14.6 Å². The average molecular weight is 455 g/mol. The van der Waals surface area contributed by atoms with Crippen LogP contribution in [0, 0.1) is 0 Å². The molecule has 0 aromatic heterocycles. The number of nitrogens with one attached hydrogen (secondary N) is 1. The number of benzene rings is 3. The van der Waals surface area contributed by atoms with Crippen LogP contribution in [0.3, 0.4) is 0 Å². The lowest BCUT2D eigenvalue weighted by atomic mass is 9.99. The first-order valence-electron chi connectivity index (χ1n) is 11.0. The second-order valence-electron chi connectivity index (χ2n) is 8.26. The third-order valence-corrected chi connectivity index (χ3v) is 6.04. The van der Waals surface area contributed by atoms with Gasteiger partial charge in [0.2, 0.25) is 0 Å². The summed E-state index contributed by atoms with van der Waals surface area (Å²) in [6.07, 6.45) is 1.17. The Balaban J connectivity index is 0.00000289. The molecule has 3 aromatic carbocycles. The summed E-state index contributed by atoms with van der Waals surface area (Å²) in [6.45, 7) is 6.46. The van der Waals surface area contributed by atoms with E-state index in [1.165, 1.54) is 16.3 Å². The van der Waals surface area contributed by atoms with Crippen LogP contribution < -0.4 is 5.32 Å². The predicted octanol–water partition coefficient (Wildman–Crippen LogP) is 4.90. The maximum Gasteiger partial charge on any atom is 0.335 e. The Labute approximate surface area is 195 Å². The van der Waals surface area contributed by atoms with Crippen LogP contribution in [0.4, 0.5) is 0 Å². The first kappa shape index (κ1) is 24.2. The first-order valence-corrected chi connectivity index (χ1v) is 11.0. The van der Waals surface area contributed by atoms with Crippen LogP contribution in [0.25, 0.3) is 10.8 Å². The van der Waals surface area contributed by atoms with E-state index >= 15 is 0 Å². The van der Waals surface area contributed by atoms with Crippen molar-refractivity contribution in [1.82, 2.24) is 10.2 Å². The quantitative estimate of drug-likeness (QED) is 0.506. The smallest absolute Gasteiger partial charge is 0.335 e. The molecule has 0 bridgehead atoms. The Morgan fingerprint density at radius 1 is 1.12 bits per heavy atom. The number of fused-ring (bicyclic) bond motifs is 1. The molecule has 2 atom stereocenters. The lowest BCUT2D eigenvalue weighted by Gasteiger charge is -2.33. The Bertz CT molecular complexity index is 1020. The molecule has 1 saturated heterocycles. The van der Waals surface area contributed by atoms with Gasteiger partial charge in [-0.15, -0.1) is 12.4 Å². The summed E-state index contributed by atoms with van der Waals surface area (Å²) in [7, 11) is 0. The monoisotopic (exact) mass is 454 g/mol. The summed E-state index contributed by atoms with van der Waals surface area (Å²) in [5, 5.41) is 15.3. The topological polar surface area (TPSA) is 61.8 Å². The molecule has 0 spiro atoms. The number of carbonyl (C=O) groups is 1. The molecule has 32 heavy (non-hydrogen) atoms. The van der Waals surface area contributed by atoms with Crippen molar-refractivity contribution in [2.75, 3.05) is 26.2 Å². The minimum Gasteiger partial charge on any atom is -0.478 e. The van der Waals surface area contributed by atoms with Crippen LogP contribution in [-0.2, 0) is 11.3 Å². The Morgan fingerprint density at radius 3 is 2.66 bits per heavy atom. The number of hydrogen-bond acceptors (Lipinski definition) is 4. The Morgan fingerprint density at radius 2 is 1.88 bits per heavy atom. The lowest BCUT2D eigenvalue weighted by molar-refractivity contribution is -0.0346. The minimum atomic E-state index is -0.886. The Kier molecular flexibility index (Phi) is 8.65. The highest BCUT2D eigenvalue weighted by Gasteiger charge is 2.21. The van der Waals surface area contributed by atoms with E-state index in [1.807, 2.05) is 12.1 Å². The summed E-state index contributed by atoms with van der Waals surface area (Å²) < 4.78 is 5.99. The highest BCUT2D eigenvalue weighted by molar-refractivity contribution is 5.87. The number of rotatable bonds is 8. The van der Waals surface area contributed by atoms with Crippen molar-refractivity contribution in [2.45, 2.75) is 32.0 Å². The molecule has 0 amide bonds. The summed E-state index contributed by atoms with van der Waals surface area (Å²) >= 11 is 0. The molecule has 1 fully saturated rings. The molecule has 1 heterocycles. The van der Waals surface area contributed by atoms with Gasteiger partial charge in [-0.1, -0.05) is 54.6 Å². The molecule has 0 aliphatic carbocycles. The number of ether oxygens (including phenoxy) is 1. The van der Waals surface area contributed by atoms with Gasteiger partial charge in [0.1, 0.15) is 0 Å². The molecular formula is C26H31ClN2O3. The van der Waals surface area contributed by atoms with E-state index in [1.54, 1.807) is 12.1 Å². The van der Waals surface area contributed by atoms with E-state index in [4.69, 9.17) is 9.84 Å². The molecule has 1 aliphatic rings. The lowest BCUT2D eigenvalue weighted by Crippen LogP contribution is -2.43. The van der Waals surface area contributed by atoms with Crippen LogP contribution >= 0.6 is 12.4 Å². The second-order valence-corrected chi connectivity index (χ2v) is 8.26. The number of morpholine rings is 1. The fourth-order valence-corrected chi connectivity index (χ4v) is 4.31. The van der Waals surface area contributed by atoms with E-state index in [9.17, 15) is 4.79 Å². The molecule has 2 N–H and O–H groups in total. The minimum absolute atomic E-state index is 0. The SMILES string of the molecule is C[C@@H](NCCC1CN(Cc2ccc(C(=O)O)cc2)CCO1)c1cccc2ccccc12.Cl. The molecule has 1 unspecified atom stereocenters. The third-order valence-electron chi connectivity index (χ3n) is 6.04. The highest BCUT2D eigenvalue weighted by atomic mass is 35.5. The molecule has 5 nitrogen and oxygen atoms in total. The van der Waals surface area contributed by atoms with E-state index < -0.39 is 5.97 Å². The van der Waals surface area contributed by atoms with Crippen molar-refractivity contribution >= 4 is 29.1 Å².